The van der Waals surface area contributed by atoms with Crippen molar-refractivity contribution >= 4 is 32.9 Å². The van der Waals surface area contributed by atoms with Crippen LogP contribution in [0.4, 0.5) is 0 Å². The number of nitrogens with zero attached hydrogens (tertiary/aromatic N) is 2. The second-order valence-corrected chi connectivity index (χ2v) is 13.6. The maximum Gasteiger partial charge on any atom is 0.193 e. The molecule has 7 N–H and O–H groups in total. The highest BCUT2D eigenvalue weighted by molar-refractivity contribution is 5.92. The van der Waals surface area contributed by atoms with E-state index in [-0.39, 0.29) is 18.4 Å². The molecule has 14 nitrogen and oxygen atoms in total. The zero-order valence-corrected chi connectivity index (χ0v) is 28.2. The van der Waals surface area contributed by atoms with Crippen LogP contribution in [0.2, 0.25) is 0 Å². The van der Waals surface area contributed by atoms with E-state index in [1.54, 1.807) is 42.1 Å². The molecule has 0 spiro atoms. The smallest absolute Gasteiger partial charge is 0.193 e. The summed E-state index contributed by atoms with van der Waals surface area (Å²) >= 11 is 0. The van der Waals surface area contributed by atoms with E-state index in [9.17, 15) is 30.3 Å². The van der Waals surface area contributed by atoms with E-state index in [0.717, 1.165) is 22.1 Å². The van der Waals surface area contributed by atoms with Gasteiger partial charge in [-0.25, -0.2) is 9.78 Å². The number of aromatic nitrogens is 4. The van der Waals surface area contributed by atoms with Gasteiger partial charge in [0.2, 0.25) is 0 Å². The lowest BCUT2D eigenvalue weighted by Gasteiger charge is -2.41. The monoisotopic (exact) mass is 690 g/mol. The van der Waals surface area contributed by atoms with Gasteiger partial charge < -0.3 is 53.8 Å². The number of hydrogen-bond acceptors (Lipinski definition) is 10. The second-order valence-electron chi connectivity index (χ2n) is 13.6. The van der Waals surface area contributed by atoms with Gasteiger partial charge >= 0.3 is 0 Å². The van der Waals surface area contributed by atoms with Gasteiger partial charge in [-0.15, -0.1) is 0 Å². The van der Waals surface area contributed by atoms with Gasteiger partial charge in [-0.3, -0.25) is 4.79 Å². The first-order valence-corrected chi connectivity index (χ1v) is 16.6. The van der Waals surface area contributed by atoms with Crippen molar-refractivity contribution in [1.82, 2.24) is 19.1 Å². The van der Waals surface area contributed by atoms with Crippen molar-refractivity contribution < 1.29 is 44.5 Å². The molecule has 6 heterocycles. The van der Waals surface area contributed by atoms with Crippen LogP contribution in [-0.2, 0) is 29.2 Å². The summed E-state index contributed by atoms with van der Waals surface area (Å²) in [7, 11) is 0. The molecule has 0 saturated carbocycles. The normalized spacial score (nSPS) is 19.0. The third kappa shape index (κ3) is 5.62. The highest BCUT2D eigenvalue weighted by Crippen LogP contribution is 2.44. The number of nitrogens with one attached hydrogen (secondary N) is 2. The summed E-state index contributed by atoms with van der Waals surface area (Å²) < 4.78 is 16.5. The predicted molar refractivity (Wildman–Crippen MR) is 183 cm³/mol. The fourth-order valence-corrected chi connectivity index (χ4v) is 7.05. The fraction of sp³-hybridized carbons (Fsp3) is 0.417. The van der Waals surface area contributed by atoms with Crippen molar-refractivity contribution in [2.24, 2.45) is 0 Å². The first-order valence-electron chi connectivity index (χ1n) is 16.6. The lowest BCUT2D eigenvalue weighted by atomic mass is 9.87. The minimum atomic E-state index is -2.36. The van der Waals surface area contributed by atoms with E-state index < -0.39 is 48.8 Å². The molecule has 0 amide bonds. The molecule has 50 heavy (non-hydrogen) atoms. The molecule has 0 aliphatic carbocycles. The van der Waals surface area contributed by atoms with E-state index >= 15 is 0 Å². The molecule has 5 atom stereocenters. The Balaban J connectivity index is 1.18. The Bertz CT molecular complexity index is 2220. The summed E-state index contributed by atoms with van der Waals surface area (Å²) in [6, 6.07) is 8.72. The number of rotatable bonds is 12. The van der Waals surface area contributed by atoms with Crippen molar-refractivity contribution in [3.05, 3.63) is 82.4 Å². The molecule has 7 rings (SSSR count). The largest absolute Gasteiger partial charge is 0.482 e. The molecule has 0 bridgehead atoms. The van der Waals surface area contributed by atoms with Crippen LogP contribution in [0.25, 0.3) is 38.6 Å². The van der Waals surface area contributed by atoms with E-state index in [1.807, 2.05) is 36.9 Å². The third-order valence-electron chi connectivity index (χ3n) is 9.87. The first kappa shape index (κ1) is 34.1. The van der Waals surface area contributed by atoms with E-state index in [0.29, 0.717) is 45.7 Å². The molecule has 1 aliphatic rings. The number of benzene rings is 1. The molecule has 266 valence electrons. The van der Waals surface area contributed by atoms with Crippen molar-refractivity contribution in [2.75, 3.05) is 13.2 Å². The van der Waals surface area contributed by atoms with Crippen LogP contribution in [-0.4, -0.2) is 93.5 Å². The van der Waals surface area contributed by atoms with Gasteiger partial charge in [0, 0.05) is 53.9 Å². The average Bonchev–Trinajstić information content (AvgIpc) is 3.87. The standard InChI is InChI=1S/C36H42N4O10/c1-5-25-21-6-9-38-24(21)15-40(25)31-32-20(13-22-27(42)12-19(2)48-33(22)31)14-30(35(3,4)49-32)50-47-17-29(44)36(46,34(45)28(43)16-41)18-39-11-8-23-26(39)7-10-37-23/h6-13,15,28-30,34,37-38,41,43-46H,5,14,16-18H2,1-4H3. The van der Waals surface area contributed by atoms with E-state index in [1.165, 1.54) is 6.07 Å². The Morgan fingerprint density at radius 2 is 1.86 bits per heavy atom. The van der Waals surface area contributed by atoms with Crippen LogP contribution >= 0.6 is 0 Å². The molecule has 1 aromatic carbocycles. The number of hydrogen-bond donors (Lipinski definition) is 7. The van der Waals surface area contributed by atoms with Crippen LogP contribution in [0.15, 0.2) is 64.3 Å². The quantitative estimate of drug-likeness (QED) is 0.0740. The number of aliphatic hydroxyl groups is 5. The highest BCUT2D eigenvalue weighted by Gasteiger charge is 2.47. The molecule has 6 aromatic rings. The van der Waals surface area contributed by atoms with Gasteiger partial charge in [-0.1, -0.05) is 6.92 Å². The van der Waals surface area contributed by atoms with Gasteiger partial charge in [0.25, 0.3) is 0 Å². The molecule has 1 aliphatic heterocycles. The summed E-state index contributed by atoms with van der Waals surface area (Å²) in [5.74, 6) is 0.996. The average molecular weight is 691 g/mol. The molecular formula is C36H42N4O10. The van der Waals surface area contributed by atoms with Crippen molar-refractivity contribution in [1.29, 1.82) is 0 Å². The molecule has 14 heteroatoms. The van der Waals surface area contributed by atoms with Crippen LogP contribution in [0.1, 0.15) is 37.8 Å². The summed E-state index contributed by atoms with van der Waals surface area (Å²) in [5.41, 5.74) is 1.51. The lowest BCUT2D eigenvalue weighted by Crippen LogP contribution is -2.61. The van der Waals surface area contributed by atoms with Gasteiger partial charge in [-0.05, 0) is 51.5 Å². The molecule has 0 saturated heterocycles. The van der Waals surface area contributed by atoms with E-state index in [4.69, 9.17) is 18.9 Å². The molecule has 5 unspecified atom stereocenters. The third-order valence-corrected chi connectivity index (χ3v) is 9.87. The Morgan fingerprint density at radius 3 is 2.62 bits per heavy atom. The predicted octanol–water partition coefficient (Wildman–Crippen LogP) is 2.76. The number of aliphatic hydroxyl groups excluding tert-OH is 4. The minimum Gasteiger partial charge on any atom is -0.482 e. The SMILES string of the molecule is CCc1c2cc[nH]c2cn1-c1c2c(cc3c(=O)cc(C)oc13)CC(OOCC(O)C(O)(Cn1ccc3[nH]ccc31)C(O)C(O)CO)C(C)(C)O2. The van der Waals surface area contributed by atoms with Gasteiger partial charge in [0.1, 0.15) is 53.7 Å². The molecular weight excluding hydrogens is 648 g/mol. The van der Waals surface area contributed by atoms with Crippen LogP contribution in [0.3, 0.4) is 0 Å². The minimum absolute atomic E-state index is 0.201. The Kier molecular flexibility index (Phi) is 8.67. The zero-order chi connectivity index (χ0) is 35.5. The first-order chi connectivity index (χ1) is 23.9. The van der Waals surface area contributed by atoms with Gasteiger partial charge in [0.05, 0.1) is 35.1 Å². The lowest BCUT2D eigenvalue weighted by molar-refractivity contribution is -0.363. The summed E-state index contributed by atoms with van der Waals surface area (Å²) in [4.78, 5) is 31.0. The van der Waals surface area contributed by atoms with Crippen LogP contribution < -0.4 is 10.2 Å². The zero-order valence-electron chi connectivity index (χ0n) is 28.2. The van der Waals surface area contributed by atoms with Crippen molar-refractivity contribution in [3.8, 4) is 11.4 Å². The fourth-order valence-electron chi connectivity index (χ4n) is 7.05. The van der Waals surface area contributed by atoms with Crippen LogP contribution in [0.5, 0.6) is 5.75 Å². The maximum absolute atomic E-state index is 13.3. The molecule has 0 fully saturated rings. The summed E-state index contributed by atoms with van der Waals surface area (Å²) in [6.45, 7) is 5.65. The number of fused-ring (bicyclic) bond motifs is 4. The number of H-pyrrole nitrogens is 2. The Morgan fingerprint density at radius 1 is 1.10 bits per heavy atom. The van der Waals surface area contributed by atoms with E-state index in [2.05, 4.69) is 16.9 Å². The van der Waals surface area contributed by atoms with Crippen LogP contribution in [0, 0.1) is 6.92 Å². The summed E-state index contributed by atoms with van der Waals surface area (Å²) in [5, 5.41) is 55.0. The van der Waals surface area contributed by atoms with Crippen molar-refractivity contribution in [3.63, 3.8) is 0 Å². The highest BCUT2D eigenvalue weighted by atomic mass is 17.2. The Labute approximate surface area is 286 Å². The number of aryl methyl sites for hydroxylation is 2. The van der Waals surface area contributed by atoms with Gasteiger partial charge in [-0.2, -0.15) is 0 Å². The number of aromatic amines is 2. The second kappa shape index (κ2) is 12.7. The van der Waals surface area contributed by atoms with Gasteiger partial charge in [0.15, 0.2) is 16.8 Å². The molecule has 5 aromatic heterocycles. The summed E-state index contributed by atoms with van der Waals surface area (Å²) in [6.07, 6.45) is 1.95. The topological polar surface area (TPSA) is 200 Å². The van der Waals surface area contributed by atoms with Crippen molar-refractivity contribution in [2.45, 2.75) is 82.7 Å². The Hall–Kier alpha value is -4.41. The molecule has 0 radical (unpaired) electrons. The number of ether oxygens (including phenoxy) is 1. The maximum atomic E-state index is 13.3.